The van der Waals surface area contributed by atoms with Gasteiger partial charge >= 0.3 is 0 Å². The fourth-order valence-electron chi connectivity index (χ4n) is 4.04. The van der Waals surface area contributed by atoms with E-state index in [9.17, 15) is 14.3 Å². The van der Waals surface area contributed by atoms with Gasteiger partial charge in [-0.2, -0.15) is 4.98 Å². The lowest BCUT2D eigenvalue weighted by molar-refractivity contribution is 0.0488. The number of nitrogens with one attached hydrogen (secondary N) is 3. The van der Waals surface area contributed by atoms with Gasteiger partial charge in [-0.15, -0.1) is 10.2 Å². The average molecular weight is 504 g/mol. The number of fused-ring (bicyclic) bond motifs is 1. The summed E-state index contributed by atoms with van der Waals surface area (Å²) in [7, 11) is 0. The normalized spacial score (nSPS) is 15.7. The molecule has 1 amide bonds. The van der Waals surface area contributed by atoms with Crippen LogP contribution in [0.15, 0.2) is 59.1 Å². The van der Waals surface area contributed by atoms with Gasteiger partial charge in [-0.1, -0.05) is 30.3 Å². The Bertz CT molecular complexity index is 1440. The highest BCUT2D eigenvalue weighted by Gasteiger charge is 2.27. The van der Waals surface area contributed by atoms with Crippen molar-refractivity contribution in [3.05, 3.63) is 77.3 Å². The Hall–Kier alpha value is -4.38. The predicted octanol–water partition coefficient (Wildman–Crippen LogP) is 4.42. The van der Waals surface area contributed by atoms with E-state index in [1.165, 1.54) is 20.0 Å². The predicted molar refractivity (Wildman–Crippen MR) is 135 cm³/mol. The maximum atomic E-state index is 14.1. The van der Waals surface area contributed by atoms with Gasteiger partial charge in [0.15, 0.2) is 0 Å². The summed E-state index contributed by atoms with van der Waals surface area (Å²) in [5, 5.41) is 27.4. The number of hydrogen-bond donors (Lipinski definition) is 4. The van der Waals surface area contributed by atoms with E-state index < -0.39 is 18.3 Å². The molecule has 1 aliphatic heterocycles. The molecule has 1 unspecified atom stereocenters. The van der Waals surface area contributed by atoms with Crippen LogP contribution in [0.4, 0.5) is 21.8 Å². The van der Waals surface area contributed by atoms with Crippen LogP contribution in [-0.4, -0.2) is 37.9 Å². The van der Waals surface area contributed by atoms with Gasteiger partial charge in [-0.3, -0.25) is 4.79 Å². The number of rotatable bonds is 8. The molecule has 2 aromatic carbocycles. The molecule has 0 saturated carbocycles. The van der Waals surface area contributed by atoms with Gasteiger partial charge in [0.1, 0.15) is 18.1 Å². The molecule has 2 aromatic heterocycles. The SMILES string of the molecule is CC1NC(=O)c2ccc(Nc3ncc(-c4nnc(C(C)(C)O)o4)c(N[C@H](CF)c4ccccc4)n3)cc21. The van der Waals surface area contributed by atoms with E-state index in [2.05, 4.69) is 36.1 Å². The van der Waals surface area contributed by atoms with Crippen LogP contribution in [0.2, 0.25) is 0 Å². The molecule has 11 heteroatoms. The van der Waals surface area contributed by atoms with Gasteiger partial charge in [0.25, 0.3) is 11.8 Å². The molecular weight excluding hydrogens is 477 g/mol. The standard InChI is InChI=1S/C26H26FN7O3/c1-14-18-11-16(9-10-17(18)22(35)29-14)30-25-28-13-19(23-33-34-24(37-23)26(2,3)36)21(32-25)31-20(12-27)15-7-5-4-6-8-15/h4-11,13-14,20,36H,12H2,1-3H3,(H,29,35)(H2,28,30,31,32)/t14?,20-/m1/s1. The van der Waals surface area contributed by atoms with Crippen LogP contribution in [0.5, 0.6) is 0 Å². The van der Waals surface area contributed by atoms with Crippen LogP contribution in [0, 0.1) is 0 Å². The van der Waals surface area contributed by atoms with Crippen molar-refractivity contribution < 1.29 is 18.7 Å². The number of benzene rings is 2. The summed E-state index contributed by atoms with van der Waals surface area (Å²) in [6, 6.07) is 13.7. The number of halogens is 1. The fourth-order valence-corrected chi connectivity index (χ4v) is 4.04. The molecular formula is C26H26FN7O3. The third kappa shape index (κ3) is 4.98. The summed E-state index contributed by atoms with van der Waals surface area (Å²) in [6.45, 7) is 4.27. The van der Waals surface area contributed by atoms with E-state index in [0.29, 0.717) is 16.8 Å². The number of aliphatic hydroxyl groups is 1. The Kier molecular flexibility index (Phi) is 6.30. The third-order valence-electron chi connectivity index (χ3n) is 6.00. The monoisotopic (exact) mass is 503 g/mol. The van der Waals surface area contributed by atoms with E-state index in [1.807, 2.05) is 43.3 Å². The molecule has 1 aliphatic rings. The van der Waals surface area contributed by atoms with Gasteiger partial charge in [-0.05, 0) is 50.1 Å². The topological polar surface area (TPSA) is 138 Å². The molecule has 0 radical (unpaired) electrons. The van der Waals surface area contributed by atoms with Crippen molar-refractivity contribution in [1.82, 2.24) is 25.5 Å². The molecule has 0 bridgehead atoms. The van der Waals surface area contributed by atoms with E-state index >= 15 is 0 Å². The summed E-state index contributed by atoms with van der Waals surface area (Å²) in [4.78, 5) is 21.0. The second kappa shape index (κ2) is 9.58. The minimum Gasteiger partial charge on any atom is -0.417 e. The van der Waals surface area contributed by atoms with Crippen molar-refractivity contribution in [3.8, 4) is 11.5 Å². The molecule has 0 spiro atoms. The van der Waals surface area contributed by atoms with Crippen molar-refractivity contribution in [2.24, 2.45) is 0 Å². The maximum Gasteiger partial charge on any atom is 0.253 e. The molecule has 37 heavy (non-hydrogen) atoms. The fraction of sp³-hybridized carbons (Fsp3) is 0.269. The Balaban J connectivity index is 1.51. The lowest BCUT2D eigenvalue weighted by Crippen LogP contribution is -2.16. The first-order valence-electron chi connectivity index (χ1n) is 11.8. The molecule has 5 rings (SSSR count). The largest absolute Gasteiger partial charge is 0.417 e. The minimum atomic E-state index is -1.34. The van der Waals surface area contributed by atoms with Crippen LogP contribution in [0.3, 0.4) is 0 Å². The van der Waals surface area contributed by atoms with Crippen molar-refractivity contribution in [1.29, 1.82) is 0 Å². The smallest absolute Gasteiger partial charge is 0.253 e. The first-order chi connectivity index (χ1) is 17.7. The summed E-state index contributed by atoms with van der Waals surface area (Å²) in [6.07, 6.45) is 1.49. The molecule has 10 nitrogen and oxygen atoms in total. The van der Waals surface area contributed by atoms with Crippen LogP contribution in [0.25, 0.3) is 11.5 Å². The van der Waals surface area contributed by atoms with Gasteiger partial charge in [0, 0.05) is 17.4 Å². The van der Waals surface area contributed by atoms with Gasteiger partial charge in [-0.25, -0.2) is 9.37 Å². The molecule has 190 valence electrons. The van der Waals surface area contributed by atoms with Gasteiger partial charge < -0.3 is 25.5 Å². The molecule has 4 N–H and O–H groups in total. The highest BCUT2D eigenvalue weighted by Crippen LogP contribution is 2.33. The van der Waals surface area contributed by atoms with Crippen LogP contribution in [-0.2, 0) is 5.60 Å². The highest BCUT2D eigenvalue weighted by molar-refractivity contribution is 5.99. The summed E-state index contributed by atoms with van der Waals surface area (Å²) < 4.78 is 19.8. The number of anilines is 3. The molecule has 2 atom stereocenters. The first-order valence-corrected chi connectivity index (χ1v) is 11.8. The number of nitrogens with zero attached hydrogens (tertiary/aromatic N) is 4. The molecule has 0 fully saturated rings. The lowest BCUT2D eigenvalue weighted by atomic mass is 10.1. The third-order valence-corrected chi connectivity index (χ3v) is 6.00. The summed E-state index contributed by atoms with van der Waals surface area (Å²) in [5.74, 6) is 0.499. The van der Waals surface area contributed by atoms with E-state index in [-0.39, 0.29) is 35.5 Å². The Morgan fingerprint density at radius 3 is 2.65 bits per heavy atom. The number of aromatic nitrogens is 4. The number of hydrogen-bond acceptors (Lipinski definition) is 9. The zero-order valence-corrected chi connectivity index (χ0v) is 20.5. The van der Waals surface area contributed by atoms with E-state index in [1.54, 1.807) is 12.1 Å². The zero-order valence-electron chi connectivity index (χ0n) is 20.5. The first kappa shape index (κ1) is 24.3. The second-order valence-corrected chi connectivity index (χ2v) is 9.31. The average Bonchev–Trinajstić information content (AvgIpc) is 3.48. The van der Waals surface area contributed by atoms with Crippen molar-refractivity contribution in [2.75, 3.05) is 17.3 Å². The van der Waals surface area contributed by atoms with Gasteiger partial charge in [0.2, 0.25) is 11.8 Å². The highest BCUT2D eigenvalue weighted by atomic mass is 19.1. The number of amides is 1. The zero-order chi connectivity index (χ0) is 26.2. The number of carbonyl (C=O) groups excluding carboxylic acids is 1. The lowest BCUT2D eigenvalue weighted by Gasteiger charge is -2.18. The van der Waals surface area contributed by atoms with Crippen molar-refractivity contribution >= 4 is 23.4 Å². The van der Waals surface area contributed by atoms with Crippen molar-refractivity contribution in [3.63, 3.8) is 0 Å². The molecule has 4 aromatic rings. The number of carbonyl (C=O) groups is 1. The van der Waals surface area contributed by atoms with Crippen molar-refractivity contribution in [2.45, 2.75) is 38.5 Å². The second-order valence-electron chi connectivity index (χ2n) is 9.31. The molecule has 0 saturated heterocycles. The number of alkyl halides is 1. The van der Waals surface area contributed by atoms with Crippen LogP contribution < -0.4 is 16.0 Å². The van der Waals surface area contributed by atoms with Crippen LogP contribution >= 0.6 is 0 Å². The molecule has 3 heterocycles. The van der Waals surface area contributed by atoms with E-state index in [0.717, 1.165) is 11.1 Å². The van der Waals surface area contributed by atoms with E-state index in [4.69, 9.17) is 4.42 Å². The van der Waals surface area contributed by atoms with Gasteiger partial charge in [0.05, 0.1) is 17.6 Å². The van der Waals surface area contributed by atoms with Crippen LogP contribution in [0.1, 0.15) is 60.2 Å². The maximum absolute atomic E-state index is 14.1. The summed E-state index contributed by atoms with van der Waals surface area (Å²) >= 11 is 0. The molecule has 0 aliphatic carbocycles. The Morgan fingerprint density at radius 1 is 1.16 bits per heavy atom. The minimum absolute atomic E-state index is 0.0242. The Labute approximate surface area is 212 Å². The summed E-state index contributed by atoms with van der Waals surface area (Å²) in [5.41, 5.74) is 1.93. The quantitative estimate of drug-likeness (QED) is 0.275. The Morgan fingerprint density at radius 2 is 1.95 bits per heavy atom.